The van der Waals surface area contributed by atoms with Crippen molar-refractivity contribution in [1.82, 2.24) is 25.2 Å². The Labute approximate surface area is 121 Å². The molecule has 21 heavy (non-hydrogen) atoms. The lowest BCUT2D eigenvalue weighted by Gasteiger charge is -2.30. The lowest BCUT2D eigenvalue weighted by atomic mass is 9.94. The first-order chi connectivity index (χ1) is 10.1. The first kappa shape index (κ1) is 13.7. The van der Waals surface area contributed by atoms with E-state index in [1.165, 1.54) is 0 Å². The molecule has 1 fully saturated rings. The third-order valence-corrected chi connectivity index (χ3v) is 3.72. The van der Waals surface area contributed by atoms with Crippen molar-refractivity contribution in [3.05, 3.63) is 29.2 Å². The van der Waals surface area contributed by atoms with E-state index in [-0.39, 0.29) is 5.69 Å². The summed E-state index contributed by atoms with van der Waals surface area (Å²) in [6, 6.07) is 1.74. The molecular weight excluding hydrogens is 272 g/mol. The van der Waals surface area contributed by atoms with Gasteiger partial charge in [-0.2, -0.15) is 10.1 Å². The number of amides is 1. The summed E-state index contributed by atoms with van der Waals surface area (Å²) in [6.45, 7) is 4.31. The number of rotatable bonds is 4. The van der Waals surface area contributed by atoms with Gasteiger partial charge in [0.15, 0.2) is 5.82 Å². The molecule has 0 spiro atoms. The van der Waals surface area contributed by atoms with Gasteiger partial charge in [0, 0.05) is 18.2 Å². The molecule has 3 rings (SSSR count). The minimum atomic E-state index is -0.508. The van der Waals surface area contributed by atoms with E-state index in [1.54, 1.807) is 6.07 Å². The zero-order valence-corrected chi connectivity index (χ0v) is 11.9. The number of aromatic amines is 1. The predicted molar refractivity (Wildman–Crippen MR) is 73.4 cm³/mol. The molecule has 0 unspecified atom stereocenters. The molecule has 0 aliphatic carbocycles. The minimum absolute atomic E-state index is 0.287. The van der Waals surface area contributed by atoms with E-state index in [0.29, 0.717) is 24.2 Å². The number of carbonyl (C=O) groups is 1. The predicted octanol–water partition coefficient (Wildman–Crippen LogP) is 0.580. The number of H-pyrrole nitrogens is 1. The number of nitrogens with two attached hydrogens (primary N) is 1. The van der Waals surface area contributed by atoms with E-state index in [0.717, 1.165) is 31.6 Å². The van der Waals surface area contributed by atoms with Gasteiger partial charge in [0.25, 0.3) is 5.91 Å². The molecule has 2 aromatic rings. The molecule has 112 valence electrons. The fourth-order valence-corrected chi connectivity index (χ4v) is 2.72. The summed E-state index contributed by atoms with van der Waals surface area (Å²) in [4.78, 5) is 17.6. The maximum Gasteiger partial charge on any atom is 0.269 e. The van der Waals surface area contributed by atoms with Gasteiger partial charge in [-0.3, -0.25) is 14.8 Å². The molecule has 0 radical (unpaired) electrons. The van der Waals surface area contributed by atoms with Crippen LogP contribution >= 0.6 is 0 Å². The van der Waals surface area contributed by atoms with Gasteiger partial charge in [-0.1, -0.05) is 5.16 Å². The highest BCUT2D eigenvalue weighted by atomic mass is 16.5. The van der Waals surface area contributed by atoms with Crippen LogP contribution in [0.5, 0.6) is 0 Å². The van der Waals surface area contributed by atoms with Crippen molar-refractivity contribution in [2.75, 3.05) is 13.1 Å². The van der Waals surface area contributed by atoms with Gasteiger partial charge in [-0.15, -0.1) is 0 Å². The van der Waals surface area contributed by atoms with Crippen molar-refractivity contribution >= 4 is 5.91 Å². The Morgan fingerprint density at radius 3 is 3.14 bits per heavy atom. The van der Waals surface area contributed by atoms with Crippen LogP contribution in [-0.2, 0) is 6.54 Å². The van der Waals surface area contributed by atoms with Crippen LogP contribution < -0.4 is 5.73 Å². The average molecular weight is 290 g/mol. The summed E-state index contributed by atoms with van der Waals surface area (Å²) in [5, 5.41) is 10.7. The normalized spacial score (nSPS) is 19.8. The molecular formula is C13H18N6O2. The fraction of sp³-hybridized carbons (Fsp3) is 0.538. The number of hydrogen-bond donors (Lipinski definition) is 2. The van der Waals surface area contributed by atoms with Crippen LogP contribution in [0.3, 0.4) is 0 Å². The Kier molecular flexibility index (Phi) is 3.70. The van der Waals surface area contributed by atoms with Gasteiger partial charge >= 0.3 is 0 Å². The van der Waals surface area contributed by atoms with Gasteiger partial charge in [0.2, 0.25) is 5.89 Å². The second-order valence-corrected chi connectivity index (χ2v) is 5.38. The molecule has 1 atom stereocenters. The van der Waals surface area contributed by atoms with Gasteiger partial charge < -0.3 is 10.3 Å². The number of nitrogens with one attached hydrogen (secondary N) is 1. The molecule has 3 heterocycles. The van der Waals surface area contributed by atoms with Crippen molar-refractivity contribution in [2.45, 2.75) is 32.2 Å². The second-order valence-electron chi connectivity index (χ2n) is 5.38. The Morgan fingerprint density at radius 2 is 2.48 bits per heavy atom. The number of hydrogen-bond acceptors (Lipinski definition) is 6. The number of aromatic nitrogens is 4. The van der Waals surface area contributed by atoms with Gasteiger partial charge in [0.05, 0.1) is 6.54 Å². The zero-order valence-electron chi connectivity index (χ0n) is 11.9. The van der Waals surface area contributed by atoms with Crippen LogP contribution in [0.1, 0.15) is 46.7 Å². The highest BCUT2D eigenvalue weighted by Gasteiger charge is 2.24. The van der Waals surface area contributed by atoms with E-state index in [9.17, 15) is 4.79 Å². The van der Waals surface area contributed by atoms with E-state index in [1.807, 2.05) is 6.92 Å². The van der Waals surface area contributed by atoms with Crippen molar-refractivity contribution in [1.29, 1.82) is 0 Å². The summed E-state index contributed by atoms with van der Waals surface area (Å²) < 4.78 is 5.16. The molecule has 1 aliphatic rings. The lowest BCUT2D eigenvalue weighted by Crippen LogP contribution is -2.34. The third-order valence-electron chi connectivity index (χ3n) is 3.72. The van der Waals surface area contributed by atoms with Crippen LogP contribution in [0.25, 0.3) is 0 Å². The first-order valence-electron chi connectivity index (χ1n) is 6.98. The largest absolute Gasteiger partial charge is 0.364 e. The summed E-state index contributed by atoms with van der Waals surface area (Å²) in [7, 11) is 0. The second kappa shape index (κ2) is 5.65. The SMILES string of the molecule is Cc1noc(CN2CCC[C@@H](c3cc(C(N)=O)n[nH]3)C2)n1. The van der Waals surface area contributed by atoms with E-state index < -0.39 is 5.91 Å². The molecule has 8 heteroatoms. The third kappa shape index (κ3) is 3.10. The number of primary amides is 1. The molecule has 2 aromatic heterocycles. The summed E-state index contributed by atoms with van der Waals surface area (Å²) in [6.07, 6.45) is 2.13. The standard InChI is InChI=1S/C13H18N6O2/c1-8-15-12(21-18-8)7-19-4-2-3-9(6-19)10-5-11(13(14)20)17-16-10/h5,9H,2-4,6-7H2,1H3,(H2,14,20)(H,16,17)/t9-/m1/s1. The molecule has 1 amide bonds. The smallest absolute Gasteiger partial charge is 0.269 e. The number of likely N-dealkylation sites (tertiary alicyclic amines) is 1. The maximum atomic E-state index is 11.1. The van der Waals surface area contributed by atoms with Crippen LogP contribution in [0, 0.1) is 6.92 Å². The molecule has 3 N–H and O–H groups in total. The van der Waals surface area contributed by atoms with E-state index in [4.69, 9.17) is 10.3 Å². The molecule has 0 aromatic carbocycles. The molecule has 0 saturated carbocycles. The van der Waals surface area contributed by atoms with Crippen LogP contribution in [0.2, 0.25) is 0 Å². The summed E-state index contributed by atoms with van der Waals surface area (Å²) >= 11 is 0. The monoisotopic (exact) mass is 290 g/mol. The van der Waals surface area contributed by atoms with E-state index in [2.05, 4.69) is 25.2 Å². The highest BCUT2D eigenvalue weighted by molar-refractivity contribution is 5.90. The van der Waals surface area contributed by atoms with Crippen LogP contribution in [0.15, 0.2) is 10.6 Å². The first-order valence-corrected chi connectivity index (χ1v) is 6.98. The van der Waals surface area contributed by atoms with Crippen LogP contribution in [0.4, 0.5) is 0 Å². The summed E-state index contributed by atoms with van der Waals surface area (Å²) in [5.41, 5.74) is 6.47. The topological polar surface area (TPSA) is 114 Å². The van der Waals surface area contributed by atoms with Gasteiger partial charge in [-0.25, -0.2) is 0 Å². The van der Waals surface area contributed by atoms with E-state index >= 15 is 0 Å². The molecule has 1 saturated heterocycles. The number of aryl methyl sites for hydroxylation is 1. The molecule has 8 nitrogen and oxygen atoms in total. The summed E-state index contributed by atoms with van der Waals surface area (Å²) in [5.74, 6) is 1.09. The number of nitrogens with zero attached hydrogens (tertiary/aromatic N) is 4. The Bertz CT molecular complexity index is 634. The fourth-order valence-electron chi connectivity index (χ4n) is 2.72. The average Bonchev–Trinajstić information content (AvgIpc) is 3.08. The van der Waals surface area contributed by atoms with Crippen molar-refractivity contribution in [3.8, 4) is 0 Å². The number of piperidine rings is 1. The highest BCUT2D eigenvalue weighted by Crippen LogP contribution is 2.26. The minimum Gasteiger partial charge on any atom is -0.364 e. The maximum absolute atomic E-state index is 11.1. The van der Waals surface area contributed by atoms with Crippen molar-refractivity contribution in [3.63, 3.8) is 0 Å². The quantitative estimate of drug-likeness (QED) is 0.851. The van der Waals surface area contributed by atoms with Gasteiger partial charge in [-0.05, 0) is 32.4 Å². The Hall–Kier alpha value is -2.22. The van der Waals surface area contributed by atoms with Crippen molar-refractivity contribution in [2.24, 2.45) is 5.73 Å². The zero-order chi connectivity index (χ0) is 14.8. The Balaban J connectivity index is 1.66. The van der Waals surface area contributed by atoms with Gasteiger partial charge in [0.1, 0.15) is 5.69 Å². The molecule has 1 aliphatic heterocycles. The lowest BCUT2D eigenvalue weighted by molar-refractivity contribution is 0.0995. The van der Waals surface area contributed by atoms with Crippen molar-refractivity contribution < 1.29 is 9.32 Å². The number of carbonyl (C=O) groups excluding carboxylic acids is 1. The van der Waals surface area contributed by atoms with Crippen LogP contribution in [-0.4, -0.2) is 44.2 Å². The Morgan fingerprint density at radius 1 is 1.62 bits per heavy atom. The molecule has 0 bridgehead atoms.